The van der Waals surface area contributed by atoms with Crippen molar-refractivity contribution in [3.8, 4) is 5.75 Å². The van der Waals surface area contributed by atoms with Crippen LogP contribution in [0.5, 0.6) is 5.75 Å². The molecule has 4 aromatic rings. The molecule has 0 aliphatic carbocycles. The van der Waals surface area contributed by atoms with Gasteiger partial charge in [-0.25, -0.2) is 4.39 Å². The van der Waals surface area contributed by atoms with Gasteiger partial charge in [0.1, 0.15) is 11.6 Å². The van der Waals surface area contributed by atoms with E-state index in [0.717, 1.165) is 26.5 Å². The highest BCUT2D eigenvalue weighted by atomic mass is 79.9. The predicted molar refractivity (Wildman–Crippen MR) is 117 cm³/mol. The second-order valence-corrected chi connectivity index (χ2v) is 7.76. The monoisotopic (exact) mass is 467 g/mol. The van der Waals surface area contributed by atoms with Crippen LogP contribution in [0.3, 0.4) is 0 Å². The number of hydrogen-bond acceptors (Lipinski definition) is 3. The molecule has 1 N–H and O–H groups in total. The fraction of sp³-hybridized carbons (Fsp3) is 0.130. The van der Waals surface area contributed by atoms with Crippen molar-refractivity contribution in [2.24, 2.45) is 0 Å². The number of amides is 1. The van der Waals surface area contributed by atoms with Crippen LogP contribution < -0.4 is 10.1 Å². The predicted octanol–water partition coefficient (Wildman–Crippen LogP) is 4.92. The summed E-state index contributed by atoms with van der Waals surface area (Å²) in [4.78, 5) is 12.7. The maximum absolute atomic E-state index is 13.1. The standard InChI is InChI=1S/C23H19BrFN3O2/c1-30-22-9-6-19(24)10-18(22)12-26-23(29)16-4-5-17-13-27-28(21(17)11-16)14-15-2-7-20(25)8-3-15/h2-11,13H,12,14H2,1H3,(H,26,29). The Morgan fingerprint density at radius 1 is 1.13 bits per heavy atom. The van der Waals surface area contributed by atoms with E-state index in [1.165, 1.54) is 12.1 Å². The summed E-state index contributed by atoms with van der Waals surface area (Å²) in [6.45, 7) is 0.832. The molecule has 0 atom stereocenters. The largest absolute Gasteiger partial charge is 0.496 e. The molecular weight excluding hydrogens is 449 g/mol. The summed E-state index contributed by atoms with van der Waals surface area (Å²) >= 11 is 3.44. The van der Waals surface area contributed by atoms with Crippen LogP contribution in [0, 0.1) is 5.82 Å². The lowest BCUT2D eigenvalue weighted by atomic mass is 10.1. The van der Waals surface area contributed by atoms with E-state index in [-0.39, 0.29) is 11.7 Å². The third kappa shape index (κ3) is 4.36. The van der Waals surface area contributed by atoms with E-state index in [0.29, 0.717) is 24.4 Å². The van der Waals surface area contributed by atoms with E-state index in [1.807, 2.05) is 30.3 Å². The lowest BCUT2D eigenvalue weighted by Gasteiger charge is -2.11. The van der Waals surface area contributed by atoms with E-state index >= 15 is 0 Å². The summed E-state index contributed by atoms with van der Waals surface area (Å²) < 4.78 is 21.2. The minimum absolute atomic E-state index is 0.187. The van der Waals surface area contributed by atoms with Gasteiger partial charge in [-0.15, -0.1) is 0 Å². The van der Waals surface area contributed by atoms with Crippen molar-refractivity contribution in [2.45, 2.75) is 13.1 Å². The van der Waals surface area contributed by atoms with Gasteiger partial charge in [-0.1, -0.05) is 34.1 Å². The zero-order valence-electron chi connectivity index (χ0n) is 16.2. The van der Waals surface area contributed by atoms with Crippen molar-refractivity contribution in [2.75, 3.05) is 7.11 Å². The smallest absolute Gasteiger partial charge is 0.251 e. The lowest BCUT2D eigenvalue weighted by Crippen LogP contribution is -2.23. The van der Waals surface area contributed by atoms with Gasteiger partial charge in [-0.05, 0) is 48.0 Å². The Bertz CT molecular complexity index is 1210. The number of rotatable bonds is 6. The van der Waals surface area contributed by atoms with Crippen LogP contribution in [0.4, 0.5) is 4.39 Å². The van der Waals surface area contributed by atoms with Crippen LogP contribution in [0.2, 0.25) is 0 Å². The normalized spacial score (nSPS) is 10.9. The van der Waals surface area contributed by atoms with Gasteiger partial charge in [0, 0.05) is 27.5 Å². The molecular formula is C23H19BrFN3O2. The lowest BCUT2D eigenvalue weighted by molar-refractivity contribution is 0.0951. The second-order valence-electron chi connectivity index (χ2n) is 6.84. The SMILES string of the molecule is COc1ccc(Br)cc1CNC(=O)c1ccc2cnn(Cc3ccc(F)cc3)c2c1. The fourth-order valence-electron chi connectivity index (χ4n) is 3.26. The molecule has 1 heterocycles. The topological polar surface area (TPSA) is 56.1 Å². The molecule has 1 aromatic heterocycles. The van der Waals surface area contributed by atoms with Crippen LogP contribution in [0.15, 0.2) is 71.3 Å². The van der Waals surface area contributed by atoms with E-state index in [9.17, 15) is 9.18 Å². The molecule has 0 spiro atoms. The highest BCUT2D eigenvalue weighted by Crippen LogP contribution is 2.23. The number of halogens is 2. The first-order valence-electron chi connectivity index (χ1n) is 9.34. The second kappa shape index (κ2) is 8.67. The van der Waals surface area contributed by atoms with Crippen molar-refractivity contribution in [3.05, 3.63) is 93.8 Å². The molecule has 0 saturated heterocycles. The molecule has 30 heavy (non-hydrogen) atoms. The first-order valence-corrected chi connectivity index (χ1v) is 10.1. The van der Waals surface area contributed by atoms with Gasteiger partial charge in [0.15, 0.2) is 0 Å². The first kappa shape index (κ1) is 20.1. The summed E-state index contributed by atoms with van der Waals surface area (Å²) in [5.41, 5.74) is 3.19. The highest BCUT2D eigenvalue weighted by molar-refractivity contribution is 9.10. The van der Waals surface area contributed by atoms with Crippen molar-refractivity contribution < 1.29 is 13.9 Å². The van der Waals surface area contributed by atoms with Crippen LogP contribution in [0.25, 0.3) is 10.9 Å². The van der Waals surface area contributed by atoms with Crippen molar-refractivity contribution in [3.63, 3.8) is 0 Å². The van der Waals surface area contributed by atoms with E-state index < -0.39 is 0 Å². The Labute approximate surface area is 181 Å². The Kier molecular flexibility index (Phi) is 5.81. The molecule has 0 radical (unpaired) electrons. The zero-order chi connectivity index (χ0) is 21.1. The average Bonchev–Trinajstić information content (AvgIpc) is 3.15. The summed E-state index contributed by atoms with van der Waals surface area (Å²) in [6, 6.07) is 17.4. The Hall–Kier alpha value is -3.19. The van der Waals surface area contributed by atoms with Gasteiger partial charge in [-0.2, -0.15) is 5.10 Å². The molecule has 5 nitrogen and oxygen atoms in total. The number of nitrogens with zero attached hydrogens (tertiary/aromatic N) is 2. The minimum atomic E-state index is -0.273. The Balaban J connectivity index is 1.53. The van der Waals surface area contributed by atoms with Gasteiger partial charge < -0.3 is 10.1 Å². The number of nitrogens with one attached hydrogen (secondary N) is 1. The number of ether oxygens (including phenoxy) is 1. The van der Waals surface area contributed by atoms with E-state index in [2.05, 4.69) is 26.3 Å². The molecule has 0 unspecified atom stereocenters. The molecule has 3 aromatic carbocycles. The molecule has 152 valence electrons. The van der Waals surface area contributed by atoms with Gasteiger partial charge in [0.25, 0.3) is 5.91 Å². The van der Waals surface area contributed by atoms with Gasteiger partial charge in [0.05, 0.1) is 25.4 Å². The Morgan fingerprint density at radius 2 is 1.93 bits per heavy atom. The number of methoxy groups -OCH3 is 1. The molecule has 7 heteroatoms. The number of carbonyl (C=O) groups is 1. The van der Waals surface area contributed by atoms with E-state index in [1.54, 1.807) is 36.2 Å². The number of fused-ring (bicyclic) bond motifs is 1. The molecule has 0 bridgehead atoms. The first-order chi connectivity index (χ1) is 14.5. The number of hydrogen-bond donors (Lipinski definition) is 1. The summed E-state index contributed by atoms with van der Waals surface area (Å²) in [5, 5.41) is 8.28. The van der Waals surface area contributed by atoms with Crippen LogP contribution in [-0.4, -0.2) is 22.8 Å². The van der Waals surface area contributed by atoms with Crippen LogP contribution in [-0.2, 0) is 13.1 Å². The summed E-state index contributed by atoms with van der Waals surface area (Å²) in [7, 11) is 1.60. The van der Waals surface area contributed by atoms with Gasteiger partial charge in [-0.3, -0.25) is 9.48 Å². The highest BCUT2D eigenvalue weighted by Gasteiger charge is 2.11. The summed E-state index contributed by atoms with van der Waals surface area (Å²) in [5.74, 6) is 0.255. The quantitative estimate of drug-likeness (QED) is 0.437. The summed E-state index contributed by atoms with van der Waals surface area (Å²) in [6.07, 6.45) is 1.76. The van der Waals surface area contributed by atoms with Crippen molar-refractivity contribution in [1.29, 1.82) is 0 Å². The third-order valence-corrected chi connectivity index (χ3v) is 5.33. The van der Waals surface area contributed by atoms with Gasteiger partial charge >= 0.3 is 0 Å². The number of benzene rings is 3. The zero-order valence-corrected chi connectivity index (χ0v) is 17.8. The molecule has 0 saturated carbocycles. The molecule has 1 amide bonds. The van der Waals surface area contributed by atoms with Crippen molar-refractivity contribution in [1.82, 2.24) is 15.1 Å². The minimum Gasteiger partial charge on any atom is -0.496 e. The third-order valence-electron chi connectivity index (χ3n) is 4.83. The number of aromatic nitrogens is 2. The van der Waals surface area contributed by atoms with E-state index in [4.69, 9.17) is 4.74 Å². The molecule has 0 aliphatic rings. The molecule has 0 aliphatic heterocycles. The van der Waals surface area contributed by atoms with Crippen molar-refractivity contribution >= 4 is 32.7 Å². The fourth-order valence-corrected chi connectivity index (χ4v) is 3.67. The van der Waals surface area contributed by atoms with Crippen LogP contribution >= 0.6 is 15.9 Å². The molecule has 0 fully saturated rings. The number of carbonyl (C=O) groups excluding carboxylic acids is 1. The average molecular weight is 468 g/mol. The Morgan fingerprint density at radius 3 is 2.70 bits per heavy atom. The molecule has 4 rings (SSSR count). The van der Waals surface area contributed by atoms with Crippen LogP contribution in [0.1, 0.15) is 21.5 Å². The van der Waals surface area contributed by atoms with Gasteiger partial charge in [0.2, 0.25) is 0 Å². The maximum Gasteiger partial charge on any atom is 0.251 e. The maximum atomic E-state index is 13.1.